The third-order valence-corrected chi connectivity index (χ3v) is 5.23. The molecule has 0 saturated heterocycles. The normalized spacial score (nSPS) is 23.1. The number of aliphatic hydroxyl groups is 1. The molecule has 0 aromatic heterocycles. The van der Waals surface area contributed by atoms with Crippen molar-refractivity contribution < 1.29 is 22.3 Å². The highest BCUT2D eigenvalue weighted by Crippen LogP contribution is 2.31. The smallest absolute Gasteiger partial charge is 0.243 e. The van der Waals surface area contributed by atoms with Crippen LogP contribution in [0.4, 0.5) is 8.78 Å². The van der Waals surface area contributed by atoms with Gasteiger partial charge in [-0.25, -0.2) is 21.9 Å². The summed E-state index contributed by atoms with van der Waals surface area (Å²) in [6.45, 7) is 0.182. The Morgan fingerprint density at radius 2 is 1.95 bits per heavy atom. The van der Waals surface area contributed by atoms with Crippen molar-refractivity contribution >= 4 is 10.0 Å². The fourth-order valence-electron chi connectivity index (χ4n) is 2.61. The maximum absolute atomic E-state index is 13.5. The minimum absolute atomic E-state index is 0.0251. The molecule has 4 nitrogen and oxygen atoms in total. The van der Waals surface area contributed by atoms with Crippen LogP contribution < -0.4 is 4.72 Å². The summed E-state index contributed by atoms with van der Waals surface area (Å²) in [7, 11) is -4.00. The lowest BCUT2D eigenvalue weighted by molar-refractivity contribution is 0.195. The zero-order valence-electron chi connectivity index (χ0n) is 10.9. The average Bonchev–Trinajstić information content (AvgIpc) is 2.83. The number of benzene rings is 1. The molecule has 1 aliphatic rings. The minimum Gasteiger partial charge on any atom is -0.396 e. The summed E-state index contributed by atoms with van der Waals surface area (Å²) >= 11 is 0. The fraction of sp³-hybridized carbons (Fsp3) is 0.538. The quantitative estimate of drug-likeness (QED) is 0.869. The Morgan fingerprint density at radius 3 is 2.60 bits per heavy atom. The molecule has 0 heterocycles. The van der Waals surface area contributed by atoms with E-state index in [9.17, 15) is 22.3 Å². The van der Waals surface area contributed by atoms with E-state index in [0.717, 1.165) is 31.4 Å². The first-order chi connectivity index (χ1) is 9.44. The first-order valence-corrected chi connectivity index (χ1v) is 7.98. The van der Waals surface area contributed by atoms with E-state index in [1.54, 1.807) is 0 Å². The standard InChI is InChI=1S/C13H17F2NO3S/c14-11-4-5-13(12(15)6-11)20(18,19)16-7-9-2-1-3-10(9)8-17/h4-6,9-10,16-17H,1-3,7-8H2. The Kier molecular flexibility index (Phi) is 4.72. The van der Waals surface area contributed by atoms with Gasteiger partial charge in [-0.05, 0) is 36.8 Å². The Bertz CT molecular complexity index is 577. The lowest BCUT2D eigenvalue weighted by atomic mass is 9.97. The molecular weight excluding hydrogens is 288 g/mol. The zero-order chi connectivity index (χ0) is 14.8. The molecular formula is C13H17F2NO3S. The molecule has 2 rings (SSSR count). The highest BCUT2D eigenvalue weighted by molar-refractivity contribution is 7.89. The maximum atomic E-state index is 13.5. The summed E-state index contributed by atoms with van der Waals surface area (Å²) in [5, 5.41) is 9.18. The summed E-state index contributed by atoms with van der Waals surface area (Å²) in [4.78, 5) is -0.558. The van der Waals surface area contributed by atoms with E-state index in [4.69, 9.17) is 0 Å². The van der Waals surface area contributed by atoms with Crippen molar-refractivity contribution in [2.45, 2.75) is 24.2 Å². The van der Waals surface area contributed by atoms with Gasteiger partial charge in [-0.15, -0.1) is 0 Å². The molecule has 0 spiro atoms. The fourth-order valence-corrected chi connectivity index (χ4v) is 3.76. The topological polar surface area (TPSA) is 66.4 Å². The summed E-state index contributed by atoms with van der Waals surface area (Å²) in [6.07, 6.45) is 2.65. The van der Waals surface area contributed by atoms with E-state index in [-0.39, 0.29) is 25.0 Å². The van der Waals surface area contributed by atoms with Crippen molar-refractivity contribution in [2.75, 3.05) is 13.2 Å². The molecule has 1 saturated carbocycles. The molecule has 1 aliphatic carbocycles. The molecule has 0 amide bonds. The molecule has 112 valence electrons. The number of halogens is 2. The lowest BCUT2D eigenvalue weighted by Crippen LogP contribution is -2.32. The van der Waals surface area contributed by atoms with Crippen molar-refractivity contribution in [1.82, 2.24) is 4.72 Å². The molecule has 0 aliphatic heterocycles. The van der Waals surface area contributed by atoms with Gasteiger partial charge in [0.25, 0.3) is 0 Å². The molecule has 20 heavy (non-hydrogen) atoms. The summed E-state index contributed by atoms with van der Waals surface area (Å²) in [5.41, 5.74) is 0. The Balaban J connectivity index is 2.07. The van der Waals surface area contributed by atoms with Crippen molar-refractivity contribution in [1.29, 1.82) is 0 Å². The average molecular weight is 305 g/mol. The molecule has 2 N–H and O–H groups in total. The Hall–Kier alpha value is -1.05. The van der Waals surface area contributed by atoms with E-state index < -0.39 is 26.6 Å². The van der Waals surface area contributed by atoms with Gasteiger partial charge in [0.1, 0.15) is 16.5 Å². The van der Waals surface area contributed by atoms with Gasteiger partial charge < -0.3 is 5.11 Å². The molecule has 1 fully saturated rings. The van der Waals surface area contributed by atoms with Crippen molar-refractivity contribution in [3.8, 4) is 0 Å². The highest BCUT2D eigenvalue weighted by Gasteiger charge is 2.28. The van der Waals surface area contributed by atoms with Gasteiger partial charge in [0.05, 0.1) is 0 Å². The van der Waals surface area contributed by atoms with Crippen LogP contribution in [-0.2, 0) is 10.0 Å². The predicted molar refractivity (Wildman–Crippen MR) is 69.5 cm³/mol. The highest BCUT2D eigenvalue weighted by atomic mass is 32.2. The Morgan fingerprint density at radius 1 is 1.25 bits per heavy atom. The number of aliphatic hydroxyl groups excluding tert-OH is 1. The molecule has 7 heteroatoms. The van der Waals surface area contributed by atoms with Gasteiger partial charge in [-0.3, -0.25) is 0 Å². The summed E-state index contributed by atoms with van der Waals surface area (Å²) in [6, 6.07) is 2.36. The largest absolute Gasteiger partial charge is 0.396 e. The number of hydrogen-bond donors (Lipinski definition) is 2. The Labute approximate surface area is 116 Å². The van der Waals surface area contributed by atoms with E-state index in [1.807, 2.05) is 0 Å². The van der Waals surface area contributed by atoms with Crippen molar-refractivity contribution in [3.05, 3.63) is 29.8 Å². The van der Waals surface area contributed by atoms with Gasteiger partial charge >= 0.3 is 0 Å². The lowest BCUT2D eigenvalue weighted by Gasteiger charge is -2.18. The van der Waals surface area contributed by atoms with Crippen LogP contribution in [0, 0.1) is 23.5 Å². The minimum atomic E-state index is -4.00. The van der Waals surface area contributed by atoms with E-state index in [2.05, 4.69) is 4.72 Å². The second-order valence-electron chi connectivity index (χ2n) is 5.06. The third kappa shape index (κ3) is 3.34. The molecule has 1 aromatic rings. The van der Waals surface area contributed by atoms with Gasteiger partial charge in [0.15, 0.2) is 0 Å². The van der Waals surface area contributed by atoms with Crippen molar-refractivity contribution in [3.63, 3.8) is 0 Å². The summed E-state index contributed by atoms with van der Waals surface area (Å²) < 4.78 is 52.6. The van der Waals surface area contributed by atoms with Gasteiger partial charge in [0, 0.05) is 19.2 Å². The molecule has 2 atom stereocenters. The van der Waals surface area contributed by atoms with Gasteiger partial charge in [-0.2, -0.15) is 0 Å². The van der Waals surface area contributed by atoms with Crippen molar-refractivity contribution in [2.24, 2.45) is 11.8 Å². The van der Waals surface area contributed by atoms with Crippen LogP contribution in [0.1, 0.15) is 19.3 Å². The van der Waals surface area contributed by atoms with E-state index in [0.29, 0.717) is 6.07 Å². The summed E-state index contributed by atoms with van der Waals surface area (Å²) in [5.74, 6) is -1.80. The molecule has 0 radical (unpaired) electrons. The number of hydrogen-bond acceptors (Lipinski definition) is 3. The second kappa shape index (κ2) is 6.15. The zero-order valence-corrected chi connectivity index (χ0v) is 11.7. The van der Waals surface area contributed by atoms with Gasteiger partial charge in [0.2, 0.25) is 10.0 Å². The monoisotopic (exact) mass is 305 g/mol. The van der Waals surface area contributed by atoms with Crippen LogP contribution in [0.25, 0.3) is 0 Å². The van der Waals surface area contributed by atoms with Crippen LogP contribution in [0.5, 0.6) is 0 Å². The van der Waals surface area contributed by atoms with E-state index >= 15 is 0 Å². The van der Waals surface area contributed by atoms with Crippen LogP contribution in [0.3, 0.4) is 0 Å². The van der Waals surface area contributed by atoms with Gasteiger partial charge in [-0.1, -0.05) is 6.42 Å². The third-order valence-electron chi connectivity index (χ3n) is 3.77. The first kappa shape index (κ1) is 15.3. The molecule has 0 bridgehead atoms. The number of nitrogens with one attached hydrogen (secondary N) is 1. The van der Waals surface area contributed by atoms with E-state index in [1.165, 1.54) is 0 Å². The predicted octanol–water partition coefficient (Wildman–Crippen LogP) is 1.65. The molecule has 1 aromatic carbocycles. The maximum Gasteiger partial charge on any atom is 0.243 e. The van der Waals surface area contributed by atoms with Crippen LogP contribution >= 0.6 is 0 Å². The van der Waals surface area contributed by atoms with Crippen LogP contribution in [0.2, 0.25) is 0 Å². The number of sulfonamides is 1. The first-order valence-electron chi connectivity index (χ1n) is 6.49. The van der Waals surface area contributed by atoms with Crippen LogP contribution in [-0.4, -0.2) is 26.7 Å². The SMILES string of the molecule is O=S(=O)(NCC1CCCC1CO)c1ccc(F)cc1F. The van der Waals surface area contributed by atoms with Crippen LogP contribution in [0.15, 0.2) is 23.1 Å². The molecule has 2 unspecified atom stereocenters. The second-order valence-corrected chi connectivity index (χ2v) is 6.80. The number of rotatable bonds is 5.